The van der Waals surface area contributed by atoms with E-state index in [0.29, 0.717) is 39.8 Å². The number of nitrogens with zero attached hydrogens (tertiary/aromatic N) is 2. The molecular formula is C27H21ClN4O2. The highest BCUT2D eigenvalue weighted by atomic mass is 35.5. The lowest BCUT2D eigenvalue weighted by atomic mass is 9.99. The van der Waals surface area contributed by atoms with Crippen molar-refractivity contribution in [2.45, 2.75) is 6.92 Å². The van der Waals surface area contributed by atoms with Crippen molar-refractivity contribution < 1.29 is 9.53 Å². The van der Waals surface area contributed by atoms with Gasteiger partial charge in [-0.2, -0.15) is 5.26 Å². The number of hydrogen-bond acceptors (Lipinski definition) is 5. The zero-order valence-corrected chi connectivity index (χ0v) is 19.2. The predicted octanol–water partition coefficient (Wildman–Crippen LogP) is 6.69. The van der Waals surface area contributed by atoms with E-state index in [2.05, 4.69) is 28.3 Å². The number of pyridine rings is 1. The number of nitrogens with one attached hydrogen (secondary N) is 2. The molecule has 168 valence electrons. The van der Waals surface area contributed by atoms with Crippen LogP contribution in [0.1, 0.15) is 12.5 Å². The molecule has 0 atom stereocenters. The summed E-state index contributed by atoms with van der Waals surface area (Å²) in [6.07, 6.45) is 2.77. The zero-order chi connectivity index (χ0) is 24.1. The predicted molar refractivity (Wildman–Crippen MR) is 137 cm³/mol. The molecule has 3 aromatic carbocycles. The van der Waals surface area contributed by atoms with Crippen molar-refractivity contribution >= 4 is 45.5 Å². The molecule has 4 aromatic rings. The van der Waals surface area contributed by atoms with Gasteiger partial charge in [-0.05, 0) is 61.0 Å². The van der Waals surface area contributed by atoms with Crippen LogP contribution in [0, 0.1) is 11.3 Å². The minimum absolute atomic E-state index is 0.276. The van der Waals surface area contributed by atoms with Crippen molar-refractivity contribution in [2.75, 3.05) is 17.2 Å². The number of ether oxygens (including phenoxy) is 1. The van der Waals surface area contributed by atoms with Gasteiger partial charge in [0.25, 0.3) is 0 Å². The summed E-state index contributed by atoms with van der Waals surface area (Å²) in [7, 11) is 0. The first-order chi connectivity index (χ1) is 16.5. The Morgan fingerprint density at radius 2 is 1.85 bits per heavy atom. The number of nitriles is 1. The van der Waals surface area contributed by atoms with Crippen LogP contribution in [-0.2, 0) is 4.79 Å². The Balaban J connectivity index is 1.84. The smallest absolute Gasteiger partial charge is 0.247 e. The van der Waals surface area contributed by atoms with E-state index < -0.39 is 0 Å². The summed E-state index contributed by atoms with van der Waals surface area (Å²) >= 11 is 6.02. The first kappa shape index (κ1) is 22.8. The van der Waals surface area contributed by atoms with Crippen molar-refractivity contribution in [2.24, 2.45) is 0 Å². The number of fused-ring (bicyclic) bond motifs is 1. The van der Waals surface area contributed by atoms with Crippen molar-refractivity contribution in [3.05, 3.63) is 90.1 Å². The molecule has 6 nitrogen and oxygen atoms in total. The lowest BCUT2D eigenvalue weighted by Crippen LogP contribution is -2.06. The Kier molecular flexibility index (Phi) is 6.77. The maximum absolute atomic E-state index is 11.6. The van der Waals surface area contributed by atoms with E-state index in [9.17, 15) is 10.1 Å². The maximum Gasteiger partial charge on any atom is 0.247 e. The number of halogens is 1. The first-order valence-corrected chi connectivity index (χ1v) is 11.0. The second-order valence-electron chi connectivity index (χ2n) is 7.36. The normalized spacial score (nSPS) is 10.4. The summed E-state index contributed by atoms with van der Waals surface area (Å²) in [6.45, 7) is 5.87. The summed E-state index contributed by atoms with van der Waals surface area (Å²) in [4.78, 5) is 16.1. The van der Waals surface area contributed by atoms with Gasteiger partial charge in [0.15, 0.2) is 0 Å². The minimum Gasteiger partial charge on any atom is -0.493 e. The quantitative estimate of drug-likeness (QED) is 0.295. The summed E-state index contributed by atoms with van der Waals surface area (Å²) < 4.78 is 5.92. The van der Waals surface area contributed by atoms with Crippen molar-refractivity contribution in [3.63, 3.8) is 0 Å². The average Bonchev–Trinajstić information content (AvgIpc) is 2.86. The molecule has 1 heterocycles. The Morgan fingerprint density at radius 1 is 1.15 bits per heavy atom. The fourth-order valence-corrected chi connectivity index (χ4v) is 3.67. The molecule has 0 unspecified atom stereocenters. The highest BCUT2D eigenvalue weighted by Crippen LogP contribution is 2.38. The van der Waals surface area contributed by atoms with Crippen LogP contribution in [0.25, 0.3) is 22.0 Å². The molecule has 0 fully saturated rings. The average molecular weight is 469 g/mol. The largest absolute Gasteiger partial charge is 0.493 e. The van der Waals surface area contributed by atoms with Gasteiger partial charge < -0.3 is 15.4 Å². The monoisotopic (exact) mass is 468 g/mol. The number of anilines is 3. The second-order valence-corrected chi connectivity index (χ2v) is 7.80. The van der Waals surface area contributed by atoms with Crippen LogP contribution in [-0.4, -0.2) is 17.5 Å². The van der Waals surface area contributed by atoms with E-state index >= 15 is 0 Å². The van der Waals surface area contributed by atoms with Gasteiger partial charge in [0.05, 0.1) is 23.4 Å². The number of amides is 1. The van der Waals surface area contributed by atoms with Crippen LogP contribution < -0.4 is 15.4 Å². The third kappa shape index (κ3) is 4.85. The third-order valence-corrected chi connectivity index (χ3v) is 5.40. The van der Waals surface area contributed by atoms with Crippen LogP contribution >= 0.6 is 11.6 Å². The van der Waals surface area contributed by atoms with Crippen LogP contribution in [0.2, 0.25) is 5.02 Å². The Bertz CT molecular complexity index is 1410. The third-order valence-electron chi connectivity index (χ3n) is 5.15. The number of carbonyl (C=O) groups excluding carboxylic acids is 1. The summed E-state index contributed by atoms with van der Waals surface area (Å²) in [5.41, 5.74) is 4.94. The molecule has 0 bridgehead atoms. The molecule has 0 aliphatic rings. The van der Waals surface area contributed by atoms with Gasteiger partial charge in [-0.15, -0.1) is 0 Å². The lowest BCUT2D eigenvalue weighted by Gasteiger charge is -2.16. The Morgan fingerprint density at radius 3 is 2.50 bits per heavy atom. The molecule has 0 radical (unpaired) electrons. The zero-order valence-electron chi connectivity index (χ0n) is 18.4. The van der Waals surface area contributed by atoms with Gasteiger partial charge in [-0.1, -0.05) is 30.3 Å². The molecule has 0 spiro atoms. The molecule has 1 amide bonds. The number of carbonyl (C=O) groups is 1. The molecule has 4 rings (SSSR count). The molecule has 0 saturated carbocycles. The summed E-state index contributed by atoms with van der Waals surface area (Å²) in [6, 6.07) is 20.7. The van der Waals surface area contributed by atoms with Gasteiger partial charge in [-0.3, -0.25) is 9.78 Å². The molecule has 0 aliphatic heterocycles. The first-order valence-electron chi connectivity index (χ1n) is 10.6. The highest BCUT2D eigenvalue weighted by Gasteiger charge is 2.15. The highest BCUT2D eigenvalue weighted by molar-refractivity contribution is 6.30. The fourth-order valence-electron chi connectivity index (χ4n) is 3.54. The van der Waals surface area contributed by atoms with Gasteiger partial charge >= 0.3 is 0 Å². The molecule has 34 heavy (non-hydrogen) atoms. The van der Waals surface area contributed by atoms with Crippen LogP contribution in [0.15, 0.2) is 79.5 Å². The van der Waals surface area contributed by atoms with Gasteiger partial charge in [0.2, 0.25) is 5.91 Å². The van der Waals surface area contributed by atoms with E-state index in [4.69, 9.17) is 16.3 Å². The summed E-state index contributed by atoms with van der Waals surface area (Å²) in [5, 5.41) is 17.2. The molecule has 2 N–H and O–H groups in total. The van der Waals surface area contributed by atoms with E-state index in [-0.39, 0.29) is 5.91 Å². The molecule has 0 saturated heterocycles. The van der Waals surface area contributed by atoms with Crippen molar-refractivity contribution in [1.29, 1.82) is 5.26 Å². The van der Waals surface area contributed by atoms with E-state index in [1.54, 1.807) is 18.3 Å². The van der Waals surface area contributed by atoms with Crippen molar-refractivity contribution in [1.82, 2.24) is 4.98 Å². The minimum atomic E-state index is -0.276. The SMILES string of the molecule is C=CC(=O)Nc1ccc(-c2cc3c(Nc4ccc(Cl)cc4)c(C#N)cnc3cc2OCC)cc1. The fraction of sp³-hybridized carbons (Fsp3) is 0.0741. The Hall–Kier alpha value is -4.34. The number of aromatic nitrogens is 1. The van der Waals surface area contributed by atoms with Gasteiger partial charge in [-0.25, -0.2) is 0 Å². The lowest BCUT2D eigenvalue weighted by molar-refractivity contribution is -0.111. The topological polar surface area (TPSA) is 87.0 Å². The molecule has 0 aliphatic carbocycles. The number of rotatable bonds is 7. The number of hydrogen-bond donors (Lipinski definition) is 2. The van der Waals surface area contributed by atoms with E-state index in [1.165, 1.54) is 6.08 Å². The Labute approximate surface area is 202 Å². The maximum atomic E-state index is 11.6. The summed E-state index contributed by atoms with van der Waals surface area (Å²) in [5.74, 6) is 0.397. The number of benzene rings is 3. The van der Waals surface area contributed by atoms with Crippen molar-refractivity contribution in [3.8, 4) is 22.9 Å². The second kappa shape index (κ2) is 10.1. The molecule has 7 heteroatoms. The van der Waals surface area contributed by atoms with Crippen LogP contribution in [0.3, 0.4) is 0 Å². The van der Waals surface area contributed by atoms with Gasteiger partial charge in [0, 0.05) is 39.6 Å². The standard InChI is InChI=1S/C27H21ClN4O2/c1-3-26(33)31-20-9-5-17(6-10-20)22-13-23-24(14-25(22)34-4-2)30-16-18(15-29)27(23)32-21-11-7-19(28)8-12-21/h3,5-14,16H,1,4H2,2H3,(H,30,32)(H,31,33). The molecule has 1 aromatic heterocycles. The van der Waals surface area contributed by atoms with Crippen LogP contribution in [0.4, 0.5) is 17.1 Å². The van der Waals surface area contributed by atoms with E-state index in [1.807, 2.05) is 55.5 Å². The van der Waals surface area contributed by atoms with Gasteiger partial charge in [0.1, 0.15) is 11.8 Å². The van der Waals surface area contributed by atoms with Crippen LogP contribution in [0.5, 0.6) is 5.75 Å². The van der Waals surface area contributed by atoms with E-state index in [0.717, 1.165) is 22.2 Å². The molecular weight excluding hydrogens is 448 g/mol.